The van der Waals surface area contributed by atoms with Crippen molar-refractivity contribution in [3.63, 3.8) is 0 Å². The van der Waals surface area contributed by atoms with Crippen LogP contribution in [0.5, 0.6) is 0 Å². The van der Waals surface area contributed by atoms with Gasteiger partial charge in [-0.15, -0.1) is 0 Å². The number of aromatic nitrogens is 1. The molecule has 0 radical (unpaired) electrons. The van der Waals surface area contributed by atoms with Gasteiger partial charge >= 0.3 is 10.1 Å². The Bertz CT molecular complexity index is 616. The van der Waals surface area contributed by atoms with Crippen LogP contribution in [0.3, 0.4) is 0 Å². The molecule has 0 aliphatic carbocycles. The second kappa shape index (κ2) is 4.31. The van der Waals surface area contributed by atoms with Gasteiger partial charge < -0.3 is 4.52 Å². The van der Waals surface area contributed by atoms with Crippen LogP contribution in [-0.2, 0) is 16.5 Å². The maximum Gasteiger partial charge on any atom is 0.315 e. The first-order valence-corrected chi connectivity index (χ1v) is 6.49. The van der Waals surface area contributed by atoms with Gasteiger partial charge in [0, 0.05) is 11.1 Å². The lowest BCUT2D eigenvalue weighted by Gasteiger charge is -1.99. The van der Waals surface area contributed by atoms with Crippen molar-refractivity contribution < 1.29 is 17.5 Å². The summed E-state index contributed by atoms with van der Waals surface area (Å²) >= 11 is 0. The fourth-order valence-electron chi connectivity index (χ4n) is 1.63. The zero-order valence-electron chi connectivity index (χ0n) is 9.12. The van der Waals surface area contributed by atoms with Crippen LogP contribution in [-0.4, -0.2) is 18.1 Å². The van der Waals surface area contributed by atoms with Crippen molar-refractivity contribution in [1.29, 1.82) is 0 Å². The van der Waals surface area contributed by atoms with Crippen molar-refractivity contribution in [3.05, 3.63) is 35.9 Å². The van der Waals surface area contributed by atoms with Crippen LogP contribution in [0.4, 0.5) is 0 Å². The summed E-state index contributed by atoms with van der Waals surface area (Å²) in [6, 6.07) is 9.03. The number of benzene rings is 1. The molecule has 5 nitrogen and oxygen atoms in total. The molecule has 1 heterocycles. The average Bonchev–Trinajstić information content (AvgIpc) is 2.73. The van der Waals surface area contributed by atoms with E-state index in [2.05, 4.69) is 5.16 Å². The lowest BCUT2D eigenvalue weighted by Crippen LogP contribution is -2.02. The van der Waals surface area contributed by atoms with E-state index in [1.807, 2.05) is 18.2 Å². The van der Waals surface area contributed by atoms with E-state index in [9.17, 15) is 8.42 Å². The lowest BCUT2D eigenvalue weighted by atomic mass is 10.1. The molecule has 0 spiro atoms. The van der Waals surface area contributed by atoms with E-state index < -0.39 is 15.1 Å². The molecular formula is C11H11NO4S. The molecule has 0 unspecified atom stereocenters. The van der Waals surface area contributed by atoms with Crippen molar-refractivity contribution in [2.45, 2.75) is 18.4 Å². The molecule has 2 rings (SSSR count). The van der Waals surface area contributed by atoms with Crippen LogP contribution in [0.15, 0.2) is 39.9 Å². The molecule has 2 aromatic rings. The smallest absolute Gasteiger partial charge is 0.315 e. The first-order valence-electron chi connectivity index (χ1n) is 5.05. The van der Waals surface area contributed by atoms with Crippen LogP contribution in [0.1, 0.15) is 12.5 Å². The average molecular weight is 253 g/mol. The van der Waals surface area contributed by atoms with Gasteiger partial charge in [-0.05, 0) is 6.42 Å². The minimum absolute atomic E-state index is 0.376. The first-order chi connectivity index (χ1) is 8.04. The van der Waals surface area contributed by atoms with E-state index in [-0.39, 0.29) is 0 Å². The fourth-order valence-corrected chi connectivity index (χ4v) is 2.31. The molecule has 0 saturated heterocycles. The highest BCUT2D eigenvalue weighted by molar-refractivity contribution is 7.85. The van der Waals surface area contributed by atoms with Gasteiger partial charge in [-0.1, -0.05) is 42.4 Å². The van der Waals surface area contributed by atoms with Gasteiger partial charge in [0.25, 0.3) is 0 Å². The summed E-state index contributed by atoms with van der Waals surface area (Å²) in [5.41, 5.74) is 1.12. The second-order valence-electron chi connectivity index (χ2n) is 3.49. The summed E-state index contributed by atoms with van der Waals surface area (Å²) in [6.07, 6.45) is 0.406. The Morgan fingerprint density at radius 3 is 2.47 bits per heavy atom. The predicted octanol–water partition coefficient (Wildman–Crippen LogP) is 2.15. The molecule has 0 aliphatic rings. The zero-order chi connectivity index (χ0) is 12.5. The highest BCUT2D eigenvalue weighted by Gasteiger charge is 2.24. The predicted molar refractivity (Wildman–Crippen MR) is 61.1 cm³/mol. The molecule has 0 bridgehead atoms. The Balaban J connectivity index is 2.62. The van der Waals surface area contributed by atoms with Gasteiger partial charge in [0.2, 0.25) is 5.03 Å². The maximum absolute atomic E-state index is 11.1. The summed E-state index contributed by atoms with van der Waals surface area (Å²) in [5.74, 6) is 0.376. The van der Waals surface area contributed by atoms with Gasteiger partial charge in [-0.2, -0.15) is 8.42 Å². The monoisotopic (exact) mass is 253 g/mol. The Kier molecular flexibility index (Phi) is 2.99. The van der Waals surface area contributed by atoms with Gasteiger partial charge in [-0.25, -0.2) is 0 Å². The Hall–Kier alpha value is -1.66. The van der Waals surface area contributed by atoms with Crippen LogP contribution >= 0.6 is 0 Å². The molecule has 0 saturated carbocycles. The topological polar surface area (TPSA) is 80.4 Å². The van der Waals surface area contributed by atoms with Crippen molar-refractivity contribution in [3.8, 4) is 11.3 Å². The Morgan fingerprint density at radius 2 is 1.94 bits per heavy atom. The number of nitrogens with zero attached hydrogens (tertiary/aromatic N) is 1. The maximum atomic E-state index is 11.1. The third-order valence-electron chi connectivity index (χ3n) is 2.39. The summed E-state index contributed by atoms with van der Waals surface area (Å²) in [5, 5.41) is 3.02. The standard InChI is InChI=1S/C11H11NO4S/c1-2-9-10(8-6-4-3-5-7-8)16-12-11(9)17(13,14)15/h3-7H,2H2,1H3,(H,13,14,15). The molecule has 1 N–H and O–H groups in total. The summed E-state index contributed by atoms with van der Waals surface area (Å²) in [6.45, 7) is 1.77. The van der Waals surface area contributed by atoms with Crippen LogP contribution in [0.2, 0.25) is 0 Å². The molecule has 0 atom stereocenters. The van der Waals surface area contributed by atoms with E-state index in [0.29, 0.717) is 17.7 Å². The molecular weight excluding hydrogens is 242 g/mol. The molecule has 0 aliphatic heterocycles. The lowest BCUT2D eigenvalue weighted by molar-refractivity contribution is 0.402. The SMILES string of the molecule is CCc1c(S(=O)(=O)O)noc1-c1ccccc1. The highest BCUT2D eigenvalue weighted by Crippen LogP contribution is 2.28. The molecule has 1 aromatic carbocycles. The van der Waals surface area contributed by atoms with Crippen LogP contribution < -0.4 is 0 Å². The number of hydrogen-bond donors (Lipinski definition) is 1. The van der Waals surface area contributed by atoms with Crippen molar-refractivity contribution in [2.75, 3.05) is 0 Å². The summed E-state index contributed by atoms with van der Waals surface area (Å²) in [7, 11) is -4.34. The van der Waals surface area contributed by atoms with Gasteiger partial charge in [0.15, 0.2) is 5.76 Å². The van der Waals surface area contributed by atoms with E-state index in [4.69, 9.17) is 9.08 Å². The zero-order valence-corrected chi connectivity index (χ0v) is 9.94. The van der Waals surface area contributed by atoms with Gasteiger partial charge in [-0.3, -0.25) is 4.55 Å². The molecule has 0 amide bonds. The van der Waals surface area contributed by atoms with Crippen LogP contribution in [0.25, 0.3) is 11.3 Å². The molecule has 90 valence electrons. The van der Waals surface area contributed by atoms with Crippen molar-refractivity contribution in [1.82, 2.24) is 5.16 Å². The Morgan fingerprint density at radius 1 is 1.29 bits per heavy atom. The molecule has 17 heavy (non-hydrogen) atoms. The highest BCUT2D eigenvalue weighted by atomic mass is 32.2. The Labute approximate surface area is 98.8 Å². The molecule has 1 aromatic heterocycles. The molecule has 0 fully saturated rings. The second-order valence-corrected chi connectivity index (χ2v) is 4.83. The van der Waals surface area contributed by atoms with Gasteiger partial charge in [0.05, 0.1) is 0 Å². The van der Waals surface area contributed by atoms with Crippen LogP contribution in [0, 0.1) is 0 Å². The van der Waals surface area contributed by atoms with Crippen molar-refractivity contribution >= 4 is 10.1 Å². The minimum atomic E-state index is -4.34. The third kappa shape index (κ3) is 2.22. The van der Waals surface area contributed by atoms with E-state index in [0.717, 1.165) is 5.56 Å². The number of rotatable bonds is 3. The van der Waals surface area contributed by atoms with Crippen molar-refractivity contribution in [2.24, 2.45) is 0 Å². The summed E-state index contributed by atoms with van der Waals surface area (Å²) < 4.78 is 36.2. The first kappa shape index (κ1) is 11.8. The number of hydrogen-bond acceptors (Lipinski definition) is 4. The van der Waals surface area contributed by atoms with E-state index in [1.165, 1.54) is 0 Å². The van der Waals surface area contributed by atoms with E-state index in [1.54, 1.807) is 19.1 Å². The van der Waals surface area contributed by atoms with Gasteiger partial charge in [0.1, 0.15) is 0 Å². The molecule has 6 heteroatoms. The third-order valence-corrected chi connectivity index (χ3v) is 3.20. The largest absolute Gasteiger partial charge is 0.355 e. The quantitative estimate of drug-likeness (QED) is 0.848. The summed E-state index contributed by atoms with van der Waals surface area (Å²) in [4.78, 5) is 0. The minimum Gasteiger partial charge on any atom is -0.355 e. The van der Waals surface area contributed by atoms with E-state index >= 15 is 0 Å². The normalized spacial score (nSPS) is 11.6. The fraction of sp³-hybridized carbons (Fsp3) is 0.182.